The van der Waals surface area contributed by atoms with Gasteiger partial charge in [0.25, 0.3) is 0 Å². The quantitative estimate of drug-likeness (QED) is 0.676. The number of morpholine rings is 1. The van der Waals surface area contributed by atoms with Gasteiger partial charge in [0.15, 0.2) is 0 Å². The summed E-state index contributed by atoms with van der Waals surface area (Å²) in [5.74, 6) is 0. The van der Waals surface area contributed by atoms with Crippen molar-refractivity contribution in [1.82, 2.24) is 15.1 Å². The summed E-state index contributed by atoms with van der Waals surface area (Å²) < 4.78 is 5.92. The molecular weight excluding hydrogens is 238 g/mol. The molecule has 0 bridgehead atoms. The van der Waals surface area contributed by atoms with Crippen LogP contribution < -0.4 is 5.32 Å². The molecule has 1 heterocycles. The number of hydrogen-bond donors (Lipinski definition) is 1. The van der Waals surface area contributed by atoms with Gasteiger partial charge in [-0.15, -0.1) is 0 Å². The minimum atomic E-state index is -0.00110. The van der Waals surface area contributed by atoms with Crippen LogP contribution in [0.4, 0.5) is 0 Å². The van der Waals surface area contributed by atoms with Crippen molar-refractivity contribution in [2.45, 2.75) is 46.3 Å². The monoisotopic (exact) mass is 271 g/mol. The molecule has 114 valence electrons. The molecule has 4 heteroatoms. The smallest absolute Gasteiger partial charge is 0.0757 e. The molecule has 0 saturated carbocycles. The van der Waals surface area contributed by atoms with E-state index in [1.807, 2.05) is 0 Å². The third-order valence-corrected chi connectivity index (χ3v) is 3.74. The molecule has 1 unspecified atom stereocenters. The van der Waals surface area contributed by atoms with E-state index >= 15 is 0 Å². The number of nitrogens with one attached hydrogen (secondary N) is 1. The first kappa shape index (κ1) is 16.9. The van der Waals surface area contributed by atoms with Crippen LogP contribution in [0.15, 0.2) is 0 Å². The van der Waals surface area contributed by atoms with E-state index in [-0.39, 0.29) is 5.60 Å². The zero-order chi connectivity index (χ0) is 14.3. The number of nitrogens with zero attached hydrogens (tertiary/aromatic N) is 2. The Morgan fingerprint density at radius 2 is 1.95 bits per heavy atom. The van der Waals surface area contributed by atoms with Gasteiger partial charge in [-0.2, -0.15) is 0 Å². The van der Waals surface area contributed by atoms with Crippen LogP contribution >= 0.6 is 0 Å². The molecule has 0 aliphatic carbocycles. The Hall–Kier alpha value is -0.160. The Morgan fingerprint density at radius 1 is 1.26 bits per heavy atom. The Balaban J connectivity index is 2.12. The number of ether oxygens (including phenoxy) is 1. The number of rotatable bonds is 8. The fraction of sp³-hybridized carbons (Fsp3) is 1.00. The molecule has 19 heavy (non-hydrogen) atoms. The summed E-state index contributed by atoms with van der Waals surface area (Å²) in [7, 11) is 0. The second-order valence-electron chi connectivity index (χ2n) is 6.20. The fourth-order valence-electron chi connectivity index (χ4n) is 2.90. The average molecular weight is 271 g/mol. The summed E-state index contributed by atoms with van der Waals surface area (Å²) in [6, 6.07) is 0. The van der Waals surface area contributed by atoms with Crippen LogP contribution in [-0.4, -0.2) is 73.9 Å². The van der Waals surface area contributed by atoms with Gasteiger partial charge < -0.3 is 15.0 Å². The van der Waals surface area contributed by atoms with Gasteiger partial charge >= 0.3 is 0 Å². The van der Waals surface area contributed by atoms with Crippen LogP contribution in [0.5, 0.6) is 0 Å². The highest BCUT2D eigenvalue weighted by Gasteiger charge is 2.30. The number of hydrogen-bond acceptors (Lipinski definition) is 4. The minimum absolute atomic E-state index is 0.00110. The third-order valence-electron chi connectivity index (χ3n) is 3.74. The molecule has 0 aromatic heterocycles. The van der Waals surface area contributed by atoms with Crippen molar-refractivity contribution in [2.75, 3.05) is 52.4 Å². The topological polar surface area (TPSA) is 27.7 Å². The highest BCUT2D eigenvalue weighted by Crippen LogP contribution is 2.20. The van der Waals surface area contributed by atoms with Crippen LogP contribution in [-0.2, 0) is 4.74 Å². The molecule has 0 spiro atoms. The van der Waals surface area contributed by atoms with Gasteiger partial charge in [0, 0.05) is 39.3 Å². The predicted octanol–water partition coefficient (Wildman–Crippen LogP) is 1.42. The lowest BCUT2D eigenvalue weighted by Gasteiger charge is -2.41. The zero-order valence-corrected chi connectivity index (χ0v) is 13.5. The van der Waals surface area contributed by atoms with Gasteiger partial charge in [-0.05, 0) is 33.9 Å². The summed E-state index contributed by atoms with van der Waals surface area (Å²) in [4.78, 5) is 4.96. The Bertz CT molecular complexity index is 242. The highest BCUT2D eigenvalue weighted by molar-refractivity contribution is 4.82. The molecule has 1 saturated heterocycles. The maximum Gasteiger partial charge on any atom is 0.0757 e. The lowest BCUT2D eigenvalue weighted by Crippen LogP contribution is -2.53. The standard InChI is InChI=1S/C15H33N3O/c1-6-17(7-2)10-8-16-9-11-18-12-14(3)19-15(4,5)13-18/h14,16H,6-13H2,1-5H3. The van der Waals surface area contributed by atoms with E-state index in [0.717, 1.165) is 52.4 Å². The normalized spacial score (nSPS) is 24.0. The maximum absolute atomic E-state index is 5.92. The first-order valence-corrected chi connectivity index (χ1v) is 7.80. The van der Waals surface area contributed by atoms with Crippen molar-refractivity contribution in [3.8, 4) is 0 Å². The summed E-state index contributed by atoms with van der Waals surface area (Å²) in [6.45, 7) is 19.8. The van der Waals surface area contributed by atoms with E-state index in [4.69, 9.17) is 4.74 Å². The van der Waals surface area contributed by atoms with Crippen molar-refractivity contribution in [2.24, 2.45) is 0 Å². The van der Waals surface area contributed by atoms with Gasteiger partial charge in [-0.3, -0.25) is 4.90 Å². The van der Waals surface area contributed by atoms with Crippen molar-refractivity contribution < 1.29 is 4.74 Å². The second-order valence-corrected chi connectivity index (χ2v) is 6.20. The molecule has 0 aromatic carbocycles. The highest BCUT2D eigenvalue weighted by atomic mass is 16.5. The minimum Gasteiger partial charge on any atom is -0.370 e. The molecule has 1 atom stereocenters. The third kappa shape index (κ3) is 6.70. The van der Waals surface area contributed by atoms with Crippen molar-refractivity contribution in [1.29, 1.82) is 0 Å². The van der Waals surface area contributed by atoms with E-state index < -0.39 is 0 Å². The second kappa shape index (κ2) is 8.20. The van der Waals surface area contributed by atoms with Crippen LogP contribution in [0.3, 0.4) is 0 Å². The largest absolute Gasteiger partial charge is 0.370 e. The molecule has 0 radical (unpaired) electrons. The van der Waals surface area contributed by atoms with Crippen LogP contribution in [0, 0.1) is 0 Å². The van der Waals surface area contributed by atoms with Crippen LogP contribution in [0.25, 0.3) is 0 Å². The Kier molecular flexibility index (Phi) is 7.29. The predicted molar refractivity (Wildman–Crippen MR) is 81.7 cm³/mol. The lowest BCUT2D eigenvalue weighted by atomic mass is 10.1. The molecular formula is C15H33N3O. The molecule has 0 amide bonds. The summed E-state index contributed by atoms with van der Waals surface area (Å²) >= 11 is 0. The van der Waals surface area contributed by atoms with Gasteiger partial charge in [-0.1, -0.05) is 13.8 Å². The van der Waals surface area contributed by atoms with Crippen molar-refractivity contribution in [3.63, 3.8) is 0 Å². The summed E-state index contributed by atoms with van der Waals surface area (Å²) in [6.07, 6.45) is 0.347. The molecule has 4 nitrogen and oxygen atoms in total. The molecule has 1 N–H and O–H groups in total. The molecule has 1 fully saturated rings. The SMILES string of the molecule is CCN(CC)CCNCCN1CC(C)OC(C)(C)C1. The summed E-state index contributed by atoms with van der Waals surface area (Å²) in [5, 5.41) is 3.55. The number of likely N-dealkylation sites (N-methyl/N-ethyl adjacent to an activating group) is 1. The molecule has 1 rings (SSSR count). The van der Waals surface area contributed by atoms with Crippen molar-refractivity contribution >= 4 is 0 Å². The fourth-order valence-corrected chi connectivity index (χ4v) is 2.90. The van der Waals surface area contributed by atoms with E-state index in [0.29, 0.717) is 6.10 Å². The van der Waals surface area contributed by atoms with Gasteiger partial charge in [0.2, 0.25) is 0 Å². The van der Waals surface area contributed by atoms with E-state index in [1.54, 1.807) is 0 Å². The zero-order valence-electron chi connectivity index (χ0n) is 13.5. The van der Waals surface area contributed by atoms with E-state index in [1.165, 1.54) is 0 Å². The summed E-state index contributed by atoms with van der Waals surface area (Å²) in [5.41, 5.74) is -0.00110. The first-order chi connectivity index (χ1) is 8.96. The Morgan fingerprint density at radius 3 is 2.53 bits per heavy atom. The molecule has 1 aliphatic rings. The van der Waals surface area contributed by atoms with Crippen LogP contribution in [0.1, 0.15) is 34.6 Å². The van der Waals surface area contributed by atoms with Gasteiger partial charge in [-0.25, -0.2) is 0 Å². The van der Waals surface area contributed by atoms with Crippen molar-refractivity contribution in [3.05, 3.63) is 0 Å². The van der Waals surface area contributed by atoms with E-state index in [9.17, 15) is 0 Å². The van der Waals surface area contributed by atoms with Gasteiger partial charge in [0.05, 0.1) is 11.7 Å². The molecule has 1 aliphatic heterocycles. The first-order valence-electron chi connectivity index (χ1n) is 7.80. The molecule has 0 aromatic rings. The maximum atomic E-state index is 5.92. The van der Waals surface area contributed by atoms with Gasteiger partial charge in [0.1, 0.15) is 0 Å². The van der Waals surface area contributed by atoms with E-state index in [2.05, 4.69) is 49.7 Å². The lowest BCUT2D eigenvalue weighted by molar-refractivity contribution is -0.128. The Labute approximate surface area is 119 Å². The van der Waals surface area contributed by atoms with Crippen LogP contribution in [0.2, 0.25) is 0 Å². The average Bonchev–Trinajstić information content (AvgIpc) is 2.31.